The van der Waals surface area contributed by atoms with Crippen LogP contribution in [0.15, 0.2) is 23.3 Å². The van der Waals surface area contributed by atoms with Gasteiger partial charge in [-0.1, -0.05) is 6.07 Å². The van der Waals surface area contributed by atoms with Crippen LogP contribution in [0.4, 0.5) is 0 Å². The molecule has 25 heavy (non-hydrogen) atoms. The highest BCUT2D eigenvalue weighted by molar-refractivity contribution is 14.0. The van der Waals surface area contributed by atoms with E-state index >= 15 is 0 Å². The van der Waals surface area contributed by atoms with Crippen LogP contribution in [0.5, 0.6) is 5.88 Å². The maximum Gasteiger partial charge on any atom is 0.213 e. The van der Waals surface area contributed by atoms with Crippen LogP contribution in [0.2, 0.25) is 0 Å². The van der Waals surface area contributed by atoms with Gasteiger partial charge in [0.2, 0.25) is 5.88 Å². The normalized spacial score (nSPS) is 10.9. The topological polar surface area (TPSA) is 67.8 Å². The first-order chi connectivity index (χ1) is 11.8. The van der Waals surface area contributed by atoms with Crippen LogP contribution in [0, 0.1) is 0 Å². The fourth-order valence-corrected chi connectivity index (χ4v) is 2.40. The molecule has 0 aromatic carbocycles. The minimum Gasteiger partial charge on any atom is -0.475 e. The predicted octanol–water partition coefficient (Wildman–Crippen LogP) is 2.92. The summed E-state index contributed by atoms with van der Waals surface area (Å²) in [6, 6.07) is 3.85. The third kappa shape index (κ3) is 12.3. The number of nitrogens with zero attached hydrogens (tertiary/aromatic N) is 2. The predicted molar refractivity (Wildman–Crippen MR) is 117 cm³/mol. The van der Waals surface area contributed by atoms with Crippen molar-refractivity contribution < 1.29 is 9.47 Å². The first kappa shape index (κ1) is 24.3. The standard InChI is InChI=1S/C17H30N4O2S.HI/c1-4-18-17(19-9-5-6-12-24-3)21-14-15-7-8-16(20-13-15)23-11-10-22-2;/h7-8,13H,4-6,9-12,14H2,1-3H3,(H2,18,19,21);1H. The van der Waals surface area contributed by atoms with Crippen molar-refractivity contribution in [1.82, 2.24) is 15.6 Å². The smallest absolute Gasteiger partial charge is 0.213 e. The van der Waals surface area contributed by atoms with Crippen molar-refractivity contribution >= 4 is 41.7 Å². The Morgan fingerprint density at radius 2 is 2.08 bits per heavy atom. The van der Waals surface area contributed by atoms with Gasteiger partial charge >= 0.3 is 0 Å². The maximum absolute atomic E-state index is 5.45. The van der Waals surface area contributed by atoms with Crippen LogP contribution in [0.25, 0.3) is 0 Å². The Balaban J connectivity index is 0.00000576. The highest BCUT2D eigenvalue weighted by Crippen LogP contribution is 2.08. The molecule has 0 aliphatic carbocycles. The summed E-state index contributed by atoms with van der Waals surface area (Å²) in [6.45, 7) is 5.51. The number of aliphatic imine (C=N–C) groups is 1. The van der Waals surface area contributed by atoms with E-state index in [9.17, 15) is 0 Å². The van der Waals surface area contributed by atoms with Crippen LogP contribution < -0.4 is 15.4 Å². The van der Waals surface area contributed by atoms with E-state index in [1.165, 1.54) is 12.2 Å². The molecule has 0 fully saturated rings. The Labute approximate surface area is 173 Å². The Kier molecular flexibility index (Phi) is 16.2. The number of nitrogens with one attached hydrogen (secondary N) is 2. The van der Waals surface area contributed by atoms with E-state index < -0.39 is 0 Å². The molecule has 1 aromatic rings. The Morgan fingerprint density at radius 1 is 1.24 bits per heavy atom. The lowest BCUT2D eigenvalue weighted by Gasteiger charge is -2.11. The van der Waals surface area contributed by atoms with E-state index in [0.717, 1.165) is 31.0 Å². The molecule has 0 saturated heterocycles. The number of aromatic nitrogens is 1. The molecular formula is C17H31IN4O2S. The average molecular weight is 482 g/mol. The number of guanidine groups is 1. The number of hydrogen-bond acceptors (Lipinski definition) is 5. The fraction of sp³-hybridized carbons (Fsp3) is 0.647. The molecule has 0 atom stereocenters. The maximum atomic E-state index is 5.45. The lowest BCUT2D eigenvalue weighted by molar-refractivity contribution is 0.143. The van der Waals surface area contributed by atoms with Gasteiger partial charge in [-0.05, 0) is 37.3 Å². The summed E-state index contributed by atoms with van der Waals surface area (Å²) in [4.78, 5) is 8.88. The first-order valence-corrected chi connectivity index (χ1v) is 9.77. The van der Waals surface area contributed by atoms with Crippen molar-refractivity contribution in [2.24, 2.45) is 4.99 Å². The molecule has 0 amide bonds. The van der Waals surface area contributed by atoms with Gasteiger partial charge in [0, 0.05) is 32.5 Å². The lowest BCUT2D eigenvalue weighted by Crippen LogP contribution is -2.37. The Bertz CT molecular complexity index is 460. The molecule has 0 aliphatic rings. The van der Waals surface area contributed by atoms with E-state index in [1.807, 2.05) is 23.9 Å². The van der Waals surface area contributed by atoms with Gasteiger partial charge in [0.15, 0.2) is 5.96 Å². The van der Waals surface area contributed by atoms with E-state index in [4.69, 9.17) is 9.47 Å². The molecular weight excluding hydrogens is 451 g/mol. The number of unbranched alkanes of at least 4 members (excludes halogenated alkanes) is 1. The van der Waals surface area contributed by atoms with Crippen LogP contribution in [-0.2, 0) is 11.3 Å². The number of hydrogen-bond donors (Lipinski definition) is 2. The SMILES string of the molecule is CCNC(=NCc1ccc(OCCOC)nc1)NCCCCSC.I. The van der Waals surface area contributed by atoms with E-state index in [-0.39, 0.29) is 24.0 Å². The molecule has 1 rings (SSSR count). The molecule has 0 unspecified atom stereocenters. The van der Waals surface area contributed by atoms with Gasteiger partial charge in [0.25, 0.3) is 0 Å². The minimum atomic E-state index is 0. The van der Waals surface area contributed by atoms with Crippen molar-refractivity contribution in [2.75, 3.05) is 45.4 Å². The van der Waals surface area contributed by atoms with Crippen molar-refractivity contribution in [2.45, 2.75) is 26.3 Å². The van der Waals surface area contributed by atoms with Gasteiger partial charge in [-0.25, -0.2) is 9.98 Å². The molecule has 144 valence electrons. The second kappa shape index (κ2) is 16.7. The summed E-state index contributed by atoms with van der Waals surface area (Å²) in [6.07, 6.45) is 6.32. The summed E-state index contributed by atoms with van der Waals surface area (Å²) >= 11 is 1.89. The first-order valence-electron chi connectivity index (χ1n) is 8.38. The van der Waals surface area contributed by atoms with Crippen molar-refractivity contribution in [3.05, 3.63) is 23.9 Å². The van der Waals surface area contributed by atoms with Crippen molar-refractivity contribution in [1.29, 1.82) is 0 Å². The zero-order chi connectivity index (χ0) is 17.5. The number of rotatable bonds is 12. The van der Waals surface area contributed by atoms with E-state index in [0.29, 0.717) is 25.6 Å². The molecule has 1 heterocycles. The Hall–Kier alpha value is -0.740. The third-order valence-electron chi connectivity index (χ3n) is 3.17. The third-order valence-corrected chi connectivity index (χ3v) is 3.86. The lowest BCUT2D eigenvalue weighted by atomic mass is 10.3. The van der Waals surface area contributed by atoms with E-state index in [2.05, 4.69) is 33.8 Å². The summed E-state index contributed by atoms with van der Waals surface area (Å²) in [7, 11) is 1.65. The summed E-state index contributed by atoms with van der Waals surface area (Å²) in [5.41, 5.74) is 1.05. The zero-order valence-electron chi connectivity index (χ0n) is 15.4. The number of halogens is 1. The molecule has 0 saturated carbocycles. The highest BCUT2D eigenvalue weighted by atomic mass is 127. The van der Waals surface area contributed by atoms with Crippen LogP contribution in [-0.4, -0.2) is 56.4 Å². The average Bonchev–Trinajstić information content (AvgIpc) is 2.60. The second-order valence-electron chi connectivity index (χ2n) is 5.17. The molecule has 8 heteroatoms. The molecule has 0 aliphatic heterocycles. The number of pyridine rings is 1. The molecule has 0 radical (unpaired) electrons. The molecule has 1 aromatic heterocycles. The van der Waals surface area contributed by atoms with Crippen molar-refractivity contribution in [3.8, 4) is 5.88 Å². The number of methoxy groups -OCH3 is 1. The monoisotopic (exact) mass is 482 g/mol. The summed E-state index contributed by atoms with van der Waals surface area (Å²) in [5, 5.41) is 6.63. The molecule has 2 N–H and O–H groups in total. The second-order valence-corrected chi connectivity index (χ2v) is 6.15. The van der Waals surface area contributed by atoms with Gasteiger partial charge in [-0.2, -0.15) is 11.8 Å². The van der Waals surface area contributed by atoms with Crippen molar-refractivity contribution in [3.63, 3.8) is 0 Å². The fourth-order valence-electron chi connectivity index (χ4n) is 1.91. The van der Waals surface area contributed by atoms with Gasteiger partial charge in [0.1, 0.15) is 6.61 Å². The van der Waals surface area contributed by atoms with Crippen LogP contribution in [0.3, 0.4) is 0 Å². The molecule has 0 spiro atoms. The van der Waals surface area contributed by atoms with E-state index in [1.54, 1.807) is 13.3 Å². The summed E-state index contributed by atoms with van der Waals surface area (Å²) < 4.78 is 10.4. The number of thioether (sulfide) groups is 1. The highest BCUT2D eigenvalue weighted by Gasteiger charge is 1.99. The Morgan fingerprint density at radius 3 is 2.72 bits per heavy atom. The van der Waals surface area contributed by atoms with Gasteiger partial charge in [-0.15, -0.1) is 24.0 Å². The van der Waals surface area contributed by atoms with Gasteiger partial charge in [-0.3, -0.25) is 0 Å². The number of ether oxygens (including phenoxy) is 2. The molecule has 0 bridgehead atoms. The molecule has 6 nitrogen and oxygen atoms in total. The zero-order valence-corrected chi connectivity index (χ0v) is 18.6. The summed E-state index contributed by atoms with van der Waals surface area (Å²) in [5.74, 6) is 2.67. The van der Waals surface area contributed by atoms with Crippen LogP contribution >= 0.6 is 35.7 Å². The minimum absolute atomic E-state index is 0. The van der Waals surface area contributed by atoms with Gasteiger partial charge < -0.3 is 20.1 Å². The van der Waals surface area contributed by atoms with Crippen LogP contribution in [0.1, 0.15) is 25.3 Å². The quantitative estimate of drug-likeness (QED) is 0.207. The largest absolute Gasteiger partial charge is 0.475 e. The van der Waals surface area contributed by atoms with Gasteiger partial charge in [0.05, 0.1) is 13.2 Å².